The quantitative estimate of drug-likeness (QED) is 0.473. The molecule has 0 saturated heterocycles. The van der Waals surface area contributed by atoms with E-state index >= 15 is 0 Å². The highest BCUT2D eigenvalue weighted by molar-refractivity contribution is 7.80. The first-order valence-electron chi connectivity index (χ1n) is 8.57. The van der Waals surface area contributed by atoms with E-state index in [1.54, 1.807) is 0 Å². The Hall–Kier alpha value is -1.40. The Morgan fingerprint density at radius 1 is 1.00 bits per heavy atom. The van der Waals surface area contributed by atoms with Crippen LogP contribution in [-0.4, -0.2) is 16.3 Å². The number of aryl methyl sites for hydroxylation is 2. The summed E-state index contributed by atoms with van der Waals surface area (Å²) in [7, 11) is 0. The molecule has 1 aliphatic rings. The topological polar surface area (TPSA) is 48.1 Å². The largest absolute Gasteiger partial charge is 0.358 e. The van der Waals surface area contributed by atoms with Crippen LogP contribution < -0.4 is 21.5 Å². The van der Waals surface area contributed by atoms with Crippen LogP contribution in [0.15, 0.2) is 18.2 Å². The van der Waals surface area contributed by atoms with Crippen LogP contribution in [0, 0.1) is 25.7 Å². The molecule has 0 unspecified atom stereocenters. The van der Waals surface area contributed by atoms with Crippen LogP contribution in [0.1, 0.15) is 44.2 Å². The Morgan fingerprint density at radius 3 is 2.42 bits per heavy atom. The number of nitrogens with one attached hydrogen (secondary N) is 4. The molecule has 1 aromatic rings. The average molecular weight is 365 g/mol. The summed E-state index contributed by atoms with van der Waals surface area (Å²) in [6, 6.07) is 6.59. The molecule has 3 atom stereocenters. The summed E-state index contributed by atoms with van der Waals surface area (Å²) in [6.45, 7) is 8.79. The fourth-order valence-corrected chi connectivity index (χ4v) is 3.46. The standard InChI is InChI=1S/C18H28N4S2/c1-11-8-9-15(10-13(11)3)19-17(23)21-22-18(24)20-16-7-5-6-12(2)14(16)4/h8-10,12,14,16H,5-7H2,1-4H3,(H2,19,21,23)(H2,20,22,24)/t12-,14+,16+/m1/s1. The molecule has 0 heterocycles. The van der Waals surface area contributed by atoms with Crippen LogP contribution in [0.2, 0.25) is 0 Å². The second-order valence-corrected chi connectivity index (χ2v) is 7.67. The third kappa shape index (κ3) is 5.31. The maximum atomic E-state index is 5.38. The third-order valence-corrected chi connectivity index (χ3v) is 5.50. The molecule has 1 aromatic carbocycles. The molecule has 6 heteroatoms. The summed E-state index contributed by atoms with van der Waals surface area (Å²) < 4.78 is 0. The van der Waals surface area contributed by atoms with Gasteiger partial charge >= 0.3 is 0 Å². The van der Waals surface area contributed by atoms with Crippen LogP contribution in [0.5, 0.6) is 0 Å². The summed E-state index contributed by atoms with van der Waals surface area (Å²) >= 11 is 10.7. The zero-order chi connectivity index (χ0) is 17.7. The number of benzene rings is 1. The maximum absolute atomic E-state index is 5.38. The molecule has 0 radical (unpaired) electrons. The van der Waals surface area contributed by atoms with Gasteiger partial charge in [-0.3, -0.25) is 10.9 Å². The highest BCUT2D eigenvalue weighted by Gasteiger charge is 2.27. The molecule has 1 fully saturated rings. The van der Waals surface area contributed by atoms with Crippen molar-refractivity contribution in [2.45, 2.75) is 53.0 Å². The van der Waals surface area contributed by atoms with Gasteiger partial charge in [0.15, 0.2) is 10.2 Å². The van der Waals surface area contributed by atoms with Crippen LogP contribution in [0.25, 0.3) is 0 Å². The predicted molar refractivity (Wildman–Crippen MR) is 110 cm³/mol. The number of hydrogen-bond donors (Lipinski definition) is 4. The van der Waals surface area contributed by atoms with Crippen LogP contribution >= 0.6 is 24.4 Å². The number of anilines is 1. The molecule has 1 aliphatic carbocycles. The van der Waals surface area contributed by atoms with Crippen molar-refractivity contribution in [3.8, 4) is 0 Å². The number of thiocarbonyl (C=S) groups is 2. The minimum absolute atomic E-state index is 0.428. The van der Waals surface area contributed by atoms with Crippen molar-refractivity contribution in [2.75, 3.05) is 5.32 Å². The lowest BCUT2D eigenvalue weighted by Gasteiger charge is -2.35. The zero-order valence-electron chi connectivity index (χ0n) is 14.9. The van der Waals surface area contributed by atoms with Gasteiger partial charge in [-0.15, -0.1) is 0 Å². The maximum Gasteiger partial charge on any atom is 0.189 e. The van der Waals surface area contributed by atoms with Crippen molar-refractivity contribution in [1.29, 1.82) is 0 Å². The number of hydrogen-bond acceptors (Lipinski definition) is 2. The minimum Gasteiger partial charge on any atom is -0.358 e. The molecule has 0 spiro atoms. The van der Waals surface area contributed by atoms with Gasteiger partial charge in [0.25, 0.3) is 0 Å². The summed E-state index contributed by atoms with van der Waals surface area (Å²) in [5.41, 5.74) is 9.38. The predicted octanol–water partition coefficient (Wildman–Crippen LogP) is 3.79. The SMILES string of the molecule is Cc1ccc(NC(=S)NNC(=S)N[C@H]2CCC[C@@H](C)[C@@H]2C)cc1C. The van der Waals surface area contributed by atoms with E-state index in [0.717, 1.165) is 11.6 Å². The highest BCUT2D eigenvalue weighted by Crippen LogP contribution is 2.29. The van der Waals surface area contributed by atoms with Crippen molar-refractivity contribution < 1.29 is 0 Å². The summed E-state index contributed by atoms with van der Waals surface area (Å²) in [4.78, 5) is 0. The lowest BCUT2D eigenvalue weighted by Crippen LogP contribution is -2.53. The normalized spacial score (nSPS) is 23.2. The summed E-state index contributed by atoms with van der Waals surface area (Å²) in [5, 5.41) is 7.64. The van der Waals surface area contributed by atoms with Gasteiger partial charge in [-0.2, -0.15) is 0 Å². The van der Waals surface area contributed by atoms with E-state index in [0.29, 0.717) is 22.2 Å². The molecule has 4 N–H and O–H groups in total. The summed E-state index contributed by atoms with van der Waals surface area (Å²) in [5.74, 6) is 1.36. The molecule has 0 aromatic heterocycles. The van der Waals surface area contributed by atoms with Crippen molar-refractivity contribution in [2.24, 2.45) is 11.8 Å². The first-order chi connectivity index (χ1) is 11.4. The fraction of sp³-hybridized carbons (Fsp3) is 0.556. The van der Waals surface area contributed by atoms with Gasteiger partial charge < -0.3 is 10.6 Å². The molecule has 24 heavy (non-hydrogen) atoms. The molecule has 0 bridgehead atoms. The van der Waals surface area contributed by atoms with Gasteiger partial charge in [-0.05, 0) is 79.8 Å². The molecule has 1 saturated carbocycles. The zero-order valence-corrected chi connectivity index (χ0v) is 16.5. The van der Waals surface area contributed by atoms with Crippen molar-refractivity contribution in [3.63, 3.8) is 0 Å². The van der Waals surface area contributed by atoms with Gasteiger partial charge in [-0.25, -0.2) is 0 Å². The van der Waals surface area contributed by atoms with E-state index in [4.69, 9.17) is 24.4 Å². The van der Waals surface area contributed by atoms with Gasteiger partial charge in [-0.1, -0.05) is 32.8 Å². The van der Waals surface area contributed by atoms with E-state index in [-0.39, 0.29) is 0 Å². The Kier molecular flexibility index (Phi) is 6.80. The van der Waals surface area contributed by atoms with Crippen molar-refractivity contribution >= 4 is 40.3 Å². The molecule has 0 aliphatic heterocycles. The number of rotatable bonds is 2. The van der Waals surface area contributed by atoms with Crippen molar-refractivity contribution in [1.82, 2.24) is 16.2 Å². The second kappa shape index (κ2) is 8.62. The smallest absolute Gasteiger partial charge is 0.189 e. The van der Waals surface area contributed by atoms with Gasteiger partial charge in [0.05, 0.1) is 0 Å². The summed E-state index contributed by atoms with van der Waals surface area (Å²) in [6.07, 6.45) is 3.73. The Labute approximate surface area is 156 Å². The minimum atomic E-state index is 0.428. The van der Waals surface area contributed by atoms with E-state index in [2.05, 4.69) is 61.3 Å². The van der Waals surface area contributed by atoms with E-state index in [1.807, 2.05) is 6.07 Å². The molecular formula is C18H28N4S2. The van der Waals surface area contributed by atoms with E-state index in [1.165, 1.54) is 30.4 Å². The molecular weight excluding hydrogens is 336 g/mol. The van der Waals surface area contributed by atoms with Crippen LogP contribution in [-0.2, 0) is 0 Å². The van der Waals surface area contributed by atoms with Crippen LogP contribution in [0.3, 0.4) is 0 Å². The van der Waals surface area contributed by atoms with Gasteiger partial charge in [0.1, 0.15) is 0 Å². The molecule has 2 rings (SSSR count). The monoisotopic (exact) mass is 364 g/mol. The van der Waals surface area contributed by atoms with E-state index < -0.39 is 0 Å². The van der Waals surface area contributed by atoms with Crippen LogP contribution in [0.4, 0.5) is 5.69 Å². The number of hydrazine groups is 1. The van der Waals surface area contributed by atoms with Gasteiger partial charge in [0, 0.05) is 11.7 Å². The Morgan fingerprint density at radius 2 is 1.71 bits per heavy atom. The second-order valence-electron chi connectivity index (χ2n) is 6.85. The Balaban J connectivity index is 1.76. The lowest BCUT2D eigenvalue weighted by atomic mass is 9.78. The molecule has 0 amide bonds. The highest BCUT2D eigenvalue weighted by atomic mass is 32.1. The van der Waals surface area contributed by atoms with Gasteiger partial charge in [0.2, 0.25) is 0 Å². The lowest BCUT2D eigenvalue weighted by molar-refractivity contribution is 0.224. The van der Waals surface area contributed by atoms with E-state index in [9.17, 15) is 0 Å². The Bertz CT molecular complexity index is 603. The first kappa shape index (κ1) is 18.9. The van der Waals surface area contributed by atoms with Crippen molar-refractivity contribution in [3.05, 3.63) is 29.3 Å². The molecule has 132 valence electrons. The fourth-order valence-electron chi connectivity index (χ4n) is 3.09. The molecule has 4 nitrogen and oxygen atoms in total. The first-order valence-corrected chi connectivity index (χ1v) is 9.39. The third-order valence-electron chi connectivity index (χ3n) is 5.08. The average Bonchev–Trinajstić information content (AvgIpc) is 2.53.